The molecule has 130 valence electrons. The fraction of sp³-hybridized carbons (Fsp3) is 0.300. The van der Waals surface area contributed by atoms with Gasteiger partial charge in [-0.05, 0) is 35.4 Å². The first-order valence-electron chi connectivity index (χ1n) is 8.40. The zero-order valence-corrected chi connectivity index (χ0v) is 13.9. The van der Waals surface area contributed by atoms with E-state index in [0.29, 0.717) is 5.92 Å². The highest BCUT2D eigenvalue weighted by Crippen LogP contribution is 2.40. The topological polar surface area (TPSA) is 75.6 Å². The van der Waals surface area contributed by atoms with Gasteiger partial charge in [0.05, 0.1) is 12.5 Å². The SMILES string of the molecule is O=C(O)C[C@H](NC(=O)OCc1ccccc1)c1cccc(C2CC2)c1. The Morgan fingerprint density at radius 1 is 1.12 bits per heavy atom. The standard InChI is InChI=1S/C20H21NO4/c22-19(23)12-18(17-8-4-7-16(11-17)15-9-10-15)21-20(24)25-13-14-5-2-1-3-6-14/h1-8,11,15,18H,9-10,12-13H2,(H,21,24)(H,22,23)/t18-/m0/s1. The molecule has 25 heavy (non-hydrogen) atoms. The molecule has 2 aromatic carbocycles. The van der Waals surface area contributed by atoms with E-state index >= 15 is 0 Å². The molecule has 1 saturated carbocycles. The van der Waals surface area contributed by atoms with Gasteiger partial charge in [-0.3, -0.25) is 4.79 Å². The van der Waals surface area contributed by atoms with Crippen LogP contribution in [0.2, 0.25) is 0 Å². The van der Waals surface area contributed by atoms with Crippen LogP contribution >= 0.6 is 0 Å². The molecule has 1 amide bonds. The molecule has 2 aromatic rings. The Labute approximate surface area is 146 Å². The largest absolute Gasteiger partial charge is 0.481 e. The number of ether oxygens (including phenoxy) is 1. The minimum absolute atomic E-state index is 0.147. The Morgan fingerprint density at radius 2 is 1.88 bits per heavy atom. The van der Waals surface area contributed by atoms with Crippen LogP contribution in [0.25, 0.3) is 0 Å². The van der Waals surface area contributed by atoms with Crippen LogP contribution in [0.1, 0.15) is 47.9 Å². The summed E-state index contributed by atoms with van der Waals surface area (Å²) in [5, 5.41) is 11.8. The van der Waals surface area contributed by atoms with Gasteiger partial charge >= 0.3 is 12.1 Å². The Morgan fingerprint density at radius 3 is 2.56 bits per heavy atom. The quantitative estimate of drug-likeness (QED) is 0.799. The number of carbonyl (C=O) groups excluding carboxylic acids is 1. The summed E-state index contributed by atoms with van der Waals surface area (Å²) in [5.74, 6) is -0.402. The Balaban J connectivity index is 1.64. The fourth-order valence-electron chi connectivity index (χ4n) is 2.78. The van der Waals surface area contributed by atoms with Gasteiger partial charge in [0, 0.05) is 0 Å². The molecule has 0 radical (unpaired) electrons. The van der Waals surface area contributed by atoms with Gasteiger partial charge in [0.15, 0.2) is 0 Å². The normalized spacial score (nSPS) is 14.6. The van der Waals surface area contributed by atoms with E-state index in [1.54, 1.807) is 0 Å². The molecule has 0 bridgehead atoms. The lowest BCUT2D eigenvalue weighted by molar-refractivity contribution is -0.137. The first kappa shape index (κ1) is 17.0. The molecule has 1 fully saturated rings. The van der Waals surface area contributed by atoms with E-state index in [1.165, 1.54) is 18.4 Å². The summed E-state index contributed by atoms with van der Waals surface area (Å²) in [4.78, 5) is 23.3. The second-order valence-corrected chi connectivity index (χ2v) is 6.30. The van der Waals surface area contributed by atoms with E-state index in [1.807, 2.05) is 54.6 Å². The molecule has 5 heteroatoms. The monoisotopic (exact) mass is 339 g/mol. The van der Waals surface area contributed by atoms with E-state index in [9.17, 15) is 9.59 Å². The van der Waals surface area contributed by atoms with Crippen molar-refractivity contribution < 1.29 is 19.4 Å². The van der Waals surface area contributed by atoms with Gasteiger partial charge in [0.1, 0.15) is 6.61 Å². The van der Waals surface area contributed by atoms with Crippen LogP contribution in [0.4, 0.5) is 4.79 Å². The maximum atomic E-state index is 12.1. The number of alkyl carbamates (subject to hydrolysis) is 1. The number of amides is 1. The number of nitrogens with one attached hydrogen (secondary N) is 1. The summed E-state index contributed by atoms with van der Waals surface area (Å²) in [6, 6.07) is 16.5. The second-order valence-electron chi connectivity index (χ2n) is 6.30. The van der Waals surface area contributed by atoms with Crippen LogP contribution in [0.3, 0.4) is 0 Å². The molecule has 0 aromatic heterocycles. The van der Waals surface area contributed by atoms with Crippen molar-refractivity contribution in [2.45, 2.75) is 37.8 Å². The first-order valence-corrected chi connectivity index (χ1v) is 8.40. The van der Waals surface area contributed by atoms with Gasteiger partial charge in [-0.1, -0.05) is 54.6 Å². The number of rotatable bonds is 7. The summed E-state index contributed by atoms with van der Waals surface area (Å²) in [6.07, 6.45) is 1.53. The van der Waals surface area contributed by atoms with E-state index < -0.39 is 18.1 Å². The Kier molecular flexibility index (Phi) is 5.33. The third-order valence-electron chi connectivity index (χ3n) is 4.25. The molecular formula is C20H21NO4. The number of carboxylic acid groups (broad SMARTS) is 1. The van der Waals surface area contributed by atoms with Gasteiger partial charge in [0.25, 0.3) is 0 Å². The van der Waals surface area contributed by atoms with E-state index in [2.05, 4.69) is 5.32 Å². The maximum absolute atomic E-state index is 12.1. The van der Waals surface area contributed by atoms with Crippen molar-refractivity contribution in [2.24, 2.45) is 0 Å². The molecule has 0 spiro atoms. The third-order valence-corrected chi connectivity index (χ3v) is 4.25. The van der Waals surface area contributed by atoms with Crippen LogP contribution in [0.15, 0.2) is 54.6 Å². The zero-order valence-electron chi connectivity index (χ0n) is 13.9. The van der Waals surface area contributed by atoms with Crippen molar-refractivity contribution in [3.05, 3.63) is 71.3 Å². The minimum atomic E-state index is -0.967. The lowest BCUT2D eigenvalue weighted by atomic mass is 9.99. The number of aliphatic carboxylic acids is 1. The molecule has 2 N–H and O–H groups in total. The van der Waals surface area contributed by atoms with E-state index in [4.69, 9.17) is 9.84 Å². The average Bonchev–Trinajstić information content (AvgIpc) is 3.45. The Bertz CT molecular complexity index is 740. The smallest absolute Gasteiger partial charge is 0.407 e. The molecule has 0 saturated heterocycles. The van der Waals surface area contributed by atoms with Crippen LogP contribution < -0.4 is 5.32 Å². The Hall–Kier alpha value is -2.82. The predicted octanol–water partition coefficient (Wildman–Crippen LogP) is 4.01. The van der Waals surface area contributed by atoms with Crippen molar-refractivity contribution in [1.29, 1.82) is 0 Å². The van der Waals surface area contributed by atoms with Crippen LogP contribution in [-0.2, 0) is 16.1 Å². The molecule has 1 aliphatic carbocycles. The summed E-state index contributed by atoms with van der Waals surface area (Å²) < 4.78 is 5.21. The maximum Gasteiger partial charge on any atom is 0.407 e. The number of carbonyl (C=O) groups is 2. The summed E-state index contributed by atoms with van der Waals surface area (Å²) >= 11 is 0. The first-order chi connectivity index (χ1) is 12.1. The molecule has 1 aliphatic rings. The average molecular weight is 339 g/mol. The highest BCUT2D eigenvalue weighted by atomic mass is 16.5. The van der Waals surface area contributed by atoms with Gasteiger partial charge in [-0.25, -0.2) is 4.79 Å². The van der Waals surface area contributed by atoms with Crippen LogP contribution in [0.5, 0.6) is 0 Å². The van der Waals surface area contributed by atoms with E-state index in [-0.39, 0.29) is 13.0 Å². The molecule has 0 unspecified atom stereocenters. The second kappa shape index (κ2) is 7.83. The molecule has 1 atom stereocenters. The summed E-state index contributed by atoms with van der Waals surface area (Å²) in [5.41, 5.74) is 2.87. The van der Waals surface area contributed by atoms with Gasteiger partial charge < -0.3 is 15.2 Å². The highest BCUT2D eigenvalue weighted by molar-refractivity contribution is 5.72. The van der Waals surface area contributed by atoms with Gasteiger partial charge in [0.2, 0.25) is 0 Å². The number of carboxylic acids is 1. The van der Waals surface area contributed by atoms with Gasteiger partial charge in [-0.2, -0.15) is 0 Å². The molecule has 0 aliphatic heterocycles. The molecule has 0 heterocycles. The van der Waals surface area contributed by atoms with E-state index in [0.717, 1.165) is 11.1 Å². The summed E-state index contributed by atoms with van der Waals surface area (Å²) in [7, 11) is 0. The van der Waals surface area contributed by atoms with Crippen molar-refractivity contribution in [1.82, 2.24) is 5.32 Å². The lowest BCUT2D eigenvalue weighted by Crippen LogP contribution is -2.30. The predicted molar refractivity (Wildman–Crippen MR) is 93.2 cm³/mol. The van der Waals surface area contributed by atoms with Crippen LogP contribution in [-0.4, -0.2) is 17.2 Å². The lowest BCUT2D eigenvalue weighted by Gasteiger charge is -2.18. The number of hydrogen-bond donors (Lipinski definition) is 2. The van der Waals surface area contributed by atoms with Crippen molar-refractivity contribution in [2.75, 3.05) is 0 Å². The van der Waals surface area contributed by atoms with Crippen molar-refractivity contribution in [3.63, 3.8) is 0 Å². The highest BCUT2D eigenvalue weighted by Gasteiger charge is 2.25. The number of benzene rings is 2. The van der Waals surface area contributed by atoms with Crippen molar-refractivity contribution in [3.8, 4) is 0 Å². The third kappa shape index (κ3) is 5.08. The van der Waals surface area contributed by atoms with Crippen LogP contribution in [0, 0.1) is 0 Å². The molecule has 5 nitrogen and oxygen atoms in total. The molecule has 3 rings (SSSR count). The number of hydrogen-bond acceptors (Lipinski definition) is 3. The summed E-state index contributed by atoms with van der Waals surface area (Å²) in [6.45, 7) is 0.147. The fourth-order valence-corrected chi connectivity index (χ4v) is 2.78. The minimum Gasteiger partial charge on any atom is -0.481 e. The van der Waals surface area contributed by atoms with Gasteiger partial charge in [-0.15, -0.1) is 0 Å². The van der Waals surface area contributed by atoms with Crippen molar-refractivity contribution >= 4 is 12.1 Å². The zero-order chi connectivity index (χ0) is 17.6. The molecular weight excluding hydrogens is 318 g/mol.